The van der Waals surface area contributed by atoms with Crippen LogP contribution in [0.25, 0.3) is 0 Å². The molecule has 0 aliphatic heterocycles. The Morgan fingerprint density at radius 3 is 1.09 bits per heavy atom. The van der Waals surface area contributed by atoms with E-state index in [0.29, 0.717) is 30.6 Å². The Labute approximate surface area is 612 Å². The van der Waals surface area contributed by atoms with Crippen molar-refractivity contribution in [2.45, 2.75) is 387 Å². The molecular weight excluding hydrogens is 1310 g/mol. The van der Waals surface area contributed by atoms with Crippen molar-refractivity contribution in [1.82, 2.24) is 30.7 Å². The first-order chi connectivity index (χ1) is 47.8. The van der Waals surface area contributed by atoms with Crippen molar-refractivity contribution in [3.63, 3.8) is 0 Å². The number of carbonyl (C=O) groups is 11. The summed E-state index contributed by atoms with van der Waals surface area (Å²) in [7, 11) is 0. The maximum absolute atomic E-state index is 16.6. The van der Waals surface area contributed by atoms with Crippen molar-refractivity contribution in [2.24, 2.45) is 11.7 Å². The largest absolute Gasteiger partial charge is 0.481 e. The van der Waals surface area contributed by atoms with Crippen molar-refractivity contribution in [3.8, 4) is 0 Å². The van der Waals surface area contributed by atoms with Crippen molar-refractivity contribution in [1.29, 1.82) is 0 Å². The number of carboxylic acid groups (broad SMARTS) is 3. The molecule has 0 spiro atoms. The number of Topliss-reactive ketones (excluding diaryl/α,β-unsaturated/α-hetero) is 1. The van der Waals surface area contributed by atoms with Gasteiger partial charge in [-0.25, -0.2) is 24.0 Å². The second kappa shape index (κ2) is 52.6. The number of imide groups is 1. The van der Waals surface area contributed by atoms with Gasteiger partial charge in [0.25, 0.3) is 0 Å². The Bertz CT molecular complexity index is 2410. The molecule has 0 radical (unpaired) electrons. The van der Waals surface area contributed by atoms with E-state index in [2.05, 4.69) is 29.8 Å². The summed E-state index contributed by atoms with van der Waals surface area (Å²) in [6.45, 7) is 23.2. The molecule has 25 heteroatoms. The summed E-state index contributed by atoms with van der Waals surface area (Å²) in [4.78, 5) is 159. The molecule has 0 fully saturated rings. The van der Waals surface area contributed by atoms with E-state index >= 15 is 19.2 Å². The first-order valence-corrected chi connectivity index (χ1v) is 38.9. The molecule has 0 aliphatic rings. The van der Waals surface area contributed by atoms with Gasteiger partial charge in [0.05, 0.1) is 12.0 Å². The van der Waals surface area contributed by atoms with Crippen LogP contribution in [-0.4, -0.2) is 169 Å². The van der Waals surface area contributed by atoms with Crippen LogP contribution in [0.2, 0.25) is 0 Å². The number of nitrogens with one attached hydrogen (secondary N) is 3. The van der Waals surface area contributed by atoms with Gasteiger partial charge in [-0.2, -0.15) is 0 Å². The summed E-state index contributed by atoms with van der Waals surface area (Å²) >= 11 is 0. The average molecular weight is 1450 g/mol. The van der Waals surface area contributed by atoms with Gasteiger partial charge in [-0.05, 0) is 128 Å². The first-order valence-electron chi connectivity index (χ1n) is 38.9. The summed E-state index contributed by atoms with van der Waals surface area (Å²) < 4.78 is 22.5. The van der Waals surface area contributed by atoms with E-state index in [1.807, 2.05) is 0 Å². The van der Waals surface area contributed by atoms with Crippen molar-refractivity contribution in [3.05, 3.63) is 0 Å². The predicted octanol–water partition coefficient (Wildman–Crippen LogP) is 16.1. The molecule has 102 heavy (non-hydrogen) atoms. The summed E-state index contributed by atoms with van der Waals surface area (Å²) in [5.41, 5.74) is -1.50. The highest BCUT2D eigenvalue weighted by molar-refractivity contribution is 6.05. The normalized spacial score (nSPS) is 13.4. The van der Waals surface area contributed by atoms with Crippen LogP contribution in [0.4, 0.5) is 19.2 Å². The van der Waals surface area contributed by atoms with Crippen molar-refractivity contribution < 1.29 is 87.0 Å². The van der Waals surface area contributed by atoms with Gasteiger partial charge in [0, 0.05) is 58.4 Å². The predicted molar refractivity (Wildman–Crippen MR) is 397 cm³/mol. The van der Waals surface area contributed by atoms with Crippen LogP contribution >= 0.6 is 0 Å². The minimum Gasteiger partial charge on any atom is -0.481 e. The highest BCUT2D eigenvalue weighted by atomic mass is 16.6. The Morgan fingerprint density at radius 2 is 0.755 bits per heavy atom. The van der Waals surface area contributed by atoms with E-state index in [4.69, 9.17) is 24.7 Å². The topological polar surface area (TPSA) is 357 Å². The van der Waals surface area contributed by atoms with Gasteiger partial charge in [-0.3, -0.25) is 43.9 Å². The third-order valence-electron chi connectivity index (χ3n) is 17.2. The van der Waals surface area contributed by atoms with E-state index in [9.17, 15) is 48.9 Å². The number of hydrogen-bond acceptors (Lipinski definition) is 16. The zero-order valence-electron chi connectivity index (χ0n) is 65.7. The highest BCUT2D eigenvalue weighted by Gasteiger charge is 2.60. The molecule has 0 heterocycles. The zero-order valence-corrected chi connectivity index (χ0v) is 65.7. The van der Waals surface area contributed by atoms with E-state index in [-0.39, 0.29) is 58.3 Å². The second-order valence-electron chi connectivity index (χ2n) is 31.6. The molecule has 0 saturated carbocycles. The first kappa shape index (κ1) is 95.7. The third kappa shape index (κ3) is 46.4. The van der Waals surface area contributed by atoms with Crippen molar-refractivity contribution >= 4 is 65.8 Å². The second-order valence-corrected chi connectivity index (χ2v) is 31.6. The SMILES string of the molecule is CCCCCCCCCCCCCCCCCC(=O)N(C(=O)CCCCCCCCCCCCCCCCC)[C@](N[C@@H](CCC(=O)O)C(=O)O)(C(=O)O)C(CC(N)=O)C(=O)[C@H](CCCN(CCCNC(=O)OC(C)(C)C)C(=O)OC(C)(C)C)N(CCCNC(=O)OC(C)(C)C)C(=O)OC(C)(C)C. The molecule has 25 nitrogen and oxygen atoms in total. The van der Waals surface area contributed by atoms with Crippen LogP contribution in [0.1, 0.15) is 347 Å². The number of amides is 7. The molecule has 0 aliphatic carbocycles. The van der Waals surface area contributed by atoms with Gasteiger partial charge in [0.15, 0.2) is 5.78 Å². The molecule has 0 bridgehead atoms. The minimum absolute atomic E-state index is 0.0365. The van der Waals surface area contributed by atoms with Gasteiger partial charge in [0.1, 0.15) is 28.4 Å². The number of aliphatic carboxylic acids is 3. The molecule has 0 aromatic heterocycles. The number of hydrogen-bond donors (Lipinski definition) is 7. The lowest BCUT2D eigenvalue weighted by atomic mass is 9.78. The zero-order chi connectivity index (χ0) is 77.4. The Morgan fingerprint density at radius 1 is 0.412 bits per heavy atom. The molecular formula is C77H141N7O18. The number of nitrogens with two attached hydrogens (primary N) is 1. The van der Waals surface area contributed by atoms with Gasteiger partial charge in [-0.1, -0.05) is 194 Å². The fourth-order valence-corrected chi connectivity index (χ4v) is 12.1. The molecule has 7 amide bonds. The average Bonchev–Trinajstić information content (AvgIpc) is 0.742. The number of alkyl carbamates (subject to hydrolysis) is 2. The fraction of sp³-hybridized carbons (Fsp3) is 0.857. The third-order valence-corrected chi connectivity index (χ3v) is 17.2. The van der Waals surface area contributed by atoms with Gasteiger partial charge in [0.2, 0.25) is 23.4 Å². The van der Waals surface area contributed by atoms with Crippen LogP contribution in [-0.2, 0) is 52.5 Å². The number of unbranched alkanes of at least 4 members (excludes halogenated alkanes) is 28. The molecule has 592 valence electrons. The molecule has 0 aromatic carbocycles. The fourth-order valence-electron chi connectivity index (χ4n) is 12.1. The summed E-state index contributed by atoms with van der Waals surface area (Å²) in [5.74, 6) is -12.9. The molecule has 0 saturated heterocycles. The Balaban J connectivity index is 8.35. The van der Waals surface area contributed by atoms with E-state index < -0.39 is 157 Å². The van der Waals surface area contributed by atoms with E-state index in [1.54, 1.807) is 83.1 Å². The van der Waals surface area contributed by atoms with E-state index in [1.165, 1.54) is 94.8 Å². The van der Waals surface area contributed by atoms with Gasteiger partial charge in [-0.15, -0.1) is 0 Å². The van der Waals surface area contributed by atoms with Crippen LogP contribution in [0, 0.1) is 5.92 Å². The van der Waals surface area contributed by atoms with Crippen LogP contribution in [0.15, 0.2) is 0 Å². The summed E-state index contributed by atoms with van der Waals surface area (Å²) in [6.07, 6.45) is 21.7. The summed E-state index contributed by atoms with van der Waals surface area (Å²) in [5, 5.41) is 40.8. The van der Waals surface area contributed by atoms with Gasteiger partial charge < -0.3 is 55.5 Å². The lowest BCUT2D eigenvalue weighted by Crippen LogP contribution is -2.75. The Hall–Kier alpha value is -6.27. The maximum atomic E-state index is 16.6. The van der Waals surface area contributed by atoms with Crippen LogP contribution < -0.4 is 21.7 Å². The molecule has 1 unspecified atom stereocenters. The lowest BCUT2D eigenvalue weighted by molar-refractivity contribution is -0.179. The van der Waals surface area contributed by atoms with Gasteiger partial charge >= 0.3 is 42.3 Å². The number of primary amides is 1. The molecule has 4 atom stereocenters. The summed E-state index contributed by atoms with van der Waals surface area (Å²) in [6, 6.07) is -4.16. The van der Waals surface area contributed by atoms with Crippen molar-refractivity contribution in [2.75, 3.05) is 32.7 Å². The molecule has 8 N–H and O–H groups in total. The maximum Gasteiger partial charge on any atom is 0.410 e. The monoisotopic (exact) mass is 1450 g/mol. The number of ether oxygens (including phenoxy) is 4. The number of carbonyl (C=O) groups excluding carboxylic acids is 8. The smallest absolute Gasteiger partial charge is 0.410 e. The quantitative estimate of drug-likeness (QED) is 0.0169. The van der Waals surface area contributed by atoms with Crippen LogP contribution in [0.5, 0.6) is 0 Å². The number of nitrogens with zero attached hydrogens (tertiary/aromatic N) is 3. The van der Waals surface area contributed by atoms with E-state index in [0.717, 1.165) is 69.1 Å². The lowest BCUT2D eigenvalue weighted by Gasteiger charge is -2.47. The number of rotatable bonds is 58. The molecule has 0 rings (SSSR count). The van der Waals surface area contributed by atoms with Crippen LogP contribution in [0.3, 0.4) is 0 Å². The molecule has 0 aromatic rings. The highest BCUT2D eigenvalue weighted by Crippen LogP contribution is 2.35. The number of carboxylic acids is 3. The Kier molecular flexibility index (Phi) is 49.4. The number of ketones is 1. The minimum atomic E-state index is -3.54. The standard InChI is InChI=1S/C77H141N7O18/c1-15-17-19-21-23-25-27-29-31-33-35-37-39-41-43-49-63(86)84(64(87)50-44-42-40-38-36-34-32-30-28-26-24-22-20-18-16-2)77(68(93)94,81-60(67(91)92)51-52-65(88)89)59(58-62(78)85)66(90)61(83(72(98)102-76(12,13)14)57-47-54-80-70(96)100-74(6,7)8)48-45-55-82(71(97)101-75(9,10)11)56-46-53-79-69(95)99-73(3,4)5/h59-61,81H,15-58H2,1-14H3,(H2,78,85)(H,79,95)(H,80,96)(H,88,89)(H,91,92)(H,93,94)/t59?,60-,61-,77-/m0/s1.